The number of hydrogen-bond donors (Lipinski definition) is 1. The molecule has 1 fully saturated rings. The summed E-state index contributed by atoms with van der Waals surface area (Å²) in [6.07, 6.45) is 3.29. The zero-order valence-electron chi connectivity index (χ0n) is 18.4. The van der Waals surface area contributed by atoms with Crippen LogP contribution < -0.4 is 15.0 Å². The lowest BCUT2D eigenvalue weighted by Crippen LogP contribution is -2.45. The molecule has 1 heterocycles. The van der Waals surface area contributed by atoms with Crippen LogP contribution in [0.3, 0.4) is 0 Å². The van der Waals surface area contributed by atoms with Crippen molar-refractivity contribution < 1.29 is 9.53 Å². The quantitative estimate of drug-likeness (QED) is 0.557. The van der Waals surface area contributed by atoms with Gasteiger partial charge >= 0.3 is 0 Å². The highest BCUT2D eigenvalue weighted by molar-refractivity contribution is 6.02. The van der Waals surface area contributed by atoms with Gasteiger partial charge in [-0.2, -0.15) is 0 Å². The standard InChI is InChI=1S/C27H29N3O2/c1-32-26-10-6-5-9-23(26)11-16-27(31)28-24-12-14-25(15-13-24)30-19-17-29(18-20-30)21-22-7-3-2-4-8-22/h2-16H,17-21H2,1H3,(H,28,31)/b16-11+. The van der Waals surface area contributed by atoms with Crippen molar-refractivity contribution in [3.05, 3.63) is 96.1 Å². The van der Waals surface area contributed by atoms with E-state index >= 15 is 0 Å². The molecule has 5 nitrogen and oxygen atoms in total. The van der Waals surface area contributed by atoms with Gasteiger partial charge in [-0.15, -0.1) is 0 Å². The van der Waals surface area contributed by atoms with E-state index < -0.39 is 0 Å². The zero-order chi connectivity index (χ0) is 22.2. The fourth-order valence-corrected chi connectivity index (χ4v) is 3.91. The largest absolute Gasteiger partial charge is 0.496 e. The third kappa shape index (κ3) is 5.77. The van der Waals surface area contributed by atoms with Crippen molar-refractivity contribution in [1.82, 2.24) is 4.90 Å². The van der Waals surface area contributed by atoms with E-state index in [-0.39, 0.29) is 5.91 Å². The maximum absolute atomic E-state index is 12.3. The number of carbonyl (C=O) groups is 1. The van der Waals surface area contributed by atoms with E-state index in [9.17, 15) is 4.79 Å². The molecule has 0 saturated carbocycles. The molecule has 1 aliphatic heterocycles. The number of amides is 1. The zero-order valence-corrected chi connectivity index (χ0v) is 18.4. The van der Waals surface area contributed by atoms with Crippen LogP contribution in [0.2, 0.25) is 0 Å². The molecule has 0 atom stereocenters. The van der Waals surface area contributed by atoms with Crippen molar-refractivity contribution in [3.63, 3.8) is 0 Å². The summed E-state index contributed by atoms with van der Waals surface area (Å²) in [7, 11) is 1.62. The fraction of sp³-hybridized carbons (Fsp3) is 0.222. The van der Waals surface area contributed by atoms with E-state index in [0.717, 1.165) is 49.7 Å². The number of para-hydroxylation sites is 1. The number of benzene rings is 3. The number of rotatable bonds is 7. The lowest BCUT2D eigenvalue weighted by atomic mass is 10.2. The predicted octanol–water partition coefficient (Wildman–Crippen LogP) is 4.67. The van der Waals surface area contributed by atoms with Gasteiger partial charge in [0.05, 0.1) is 7.11 Å². The molecule has 4 rings (SSSR count). The maximum atomic E-state index is 12.3. The van der Waals surface area contributed by atoms with E-state index in [2.05, 4.69) is 57.6 Å². The minimum Gasteiger partial charge on any atom is -0.496 e. The lowest BCUT2D eigenvalue weighted by Gasteiger charge is -2.36. The van der Waals surface area contributed by atoms with Gasteiger partial charge in [0.1, 0.15) is 5.75 Å². The van der Waals surface area contributed by atoms with E-state index in [4.69, 9.17) is 4.74 Å². The van der Waals surface area contributed by atoms with Crippen LogP contribution in [-0.4, -0.2) is 44.1 Å². The summed E-state index contributed by atoms with van der Waals surface area (Å²) < 4.78 is 5.31. The first-order valence-electron chi connectivity index (χ1n) is 10.9. The van der Waals surface area contributed by atoms with Gasteiger partial charge in [0.25, 0.3) is 0 Å². The minimum absolute atomic E-state index is 0.168. The van der Waals surface area contributed by atoms with Crippen LogP contribution >= 0.6 is 0 Å². The Hall–Kier alpha value is -3.57. The first kappa shape index (κ1) is 21.7. The van der Waals surface area contributed by atoms with Crippen LogP contribution in [0.1, 0.15) is 11.1 Å². The normalized spacial score (nSPS) is 14.5. The summed E-state index contributed by atoms with van der Waals surface area (Å²) in [5.41, 5.74) is 4.20. The molecule has 5 heteroatoms. The molecule has 0 spiro atoms. The Labute approximate surface area is 189 Å². The van der Waals surface area contributed by atoms with Crippen LogP contribution in [0.5, 0.6) is 5.75 Å². The van der Waals surface area contributed by atoms with E-state index in [1.54, 1.807) is 13.2 Å². The Bertz CT molecular complexity index is 1040. The van der Waals surface area contributed by atoms with Crippen LogP contribution in [0.15, 0.2) is 84.9 Å². The van der Waals surface area contributed by atoms with Gasteiger partial charge in [0.2, 0.25) is 5.91 Å². The molecule has 0 unspecified atom stereocenters. The molecule has 0 bridgehead atoms. The average molecular weight is 428 g/mol. The highest BCUT2D eigenvalue weighted by atomic mass is 16.5. The van der Waals surface area contributed by atoms with E-state index in [0.29, 0.717) is 0 Å². The van der Waals surface area contributed by atoms with Crippen molar-refractivity contribution >= 4 is 23.4 Å². The number of carbonyl (C=O) groups excluding carboxylic acids is 1. The minimum atomic E-state index is -0.168. The molecule has 32 heavy (non-hydrogen) atoms. The van der Waals surface area contributed by atoms with Crippen LogP contribution in [0, 0.1) is 0 Å². The average Bonchev–Trinajstić information content (AvgIpc) is 2.84. The number of nitrogens with one attached hydrogen (secondary N) is 1. The highest BCUT2D eigenvalue weighted by Gasteiger charge is 2.17. The van der Waals surface area contributed by atoms with Gasteiger partial charge in [-0.1, -0.05) is 48.5 Å². The number of methoxy groups -OCH3 is 1. The van der Waals surface area contributed by atoms with Gasteiger partial charge in [-0.25, -0.2) is 0 Å². The highest BCUT2D eigenvalue weighted by Crippen LogP contribution is 2.21. The maximum Gasteiger partial charge on any atom is 0.248 e. The van der Waals surface area contributed by atoms with Gasteiger partial charge in [0.15, 0.2) is 0 Å². The van der Waals surface area contributed by atoms with Gasteiger partial charge < -0.3 is 15.0 Å². The molecule has 3 aromatic rings. The van der Waals surface area contributed by atoms with Crippen LogP contribution in [0.4, 0.5) is 11.4 Å². The lowest BCUT2D eigenvalue weighted by molar-refractivity contribution is -0.111. The number of piperazine rings is 1. The Morgan fingerprint density at radius 2 is 1.59 bits per heavy atom. The van der Waals surface area contributed by atoms with Crippen molar-refractivity contribution in [2.75, 3.05) is 43.5 Å². The molecule has 1 amide bonds. The Balaban J connectivity index is 1.28. The Morgan fingerprint density at radius 3 is 2.31 bits per heavy atom. The molecule has 0 aliphatic carbocycles. The molecule has 0 radical (unpaired) electrons. The second-order valence-electron chi connectivity index (χ2n) is 7.86. The molecule has 0 aromatic heterocycles. The number of nitrogens with zero attached hydrogens (tertiary/aromatic N) is 2. The van der Waals surface area contributed by atoms with Gasteiger partial charge in [-0.3, -0.25) is 9.69 Å². The molecule has 1 N–H and O–H groups in total. The van der Waals surface area contributed by atoms with Crippen molar-refractivity contribution in [2.45, 2.75) is 6.54 Å². The fourth-order valence-electron chi connectivity index (χ4n) is 3.91. The monoisotopic (exact) mass is 427 g/mol. The molecule has 1 saturated heterocycles. The number of hydrogen-bond acceptors (Lipinski definition) is 4. The third-order valence-electron chi connectivity index (χ3n) is 5.67. The summed E-state index contributed by atoms with van der Waals surface area (Å²) >= 11 is 0. The van der Waals surface area contributed by atoms with E-state index in [1.807, 2.05) is 36.4 Å². The first-order valence-corrected chi connectivity index (χ1v) is 10.9. The summed E-state index contributed by atoms with van der Waals surface area (Å²) in [6.45, 7) is 5.09. The molecular formula is C27H29N3O2. The Morgan fingerprint density at radius 1 is 0.906 bits per heavy atom. The number of ether oxygens (including phenoxy) is 1. The second kappa shape index (κ2) is 10.6. The van der Waals surface area contributed by atoms with Crippen LogP contribution in [0.25, 0.3) is 6.08 Å². The third-order valence-corrected chi connectivity index (χ3v) is 5.67. The van der Waals surface area contributed by atoms with Gasteiger partial charge in [-0.05, 0) is 42.0 Å². The molecular weight excluding hydrogens is 398 g/mol. The molecule has 1 aliphatic rings. The molecule has 164 valence electrons. The van der Waals surface area contributed by atoms with Crippen LogP contribution in [-0.2, 0) is 11.3 Å². The topological polar surface area (TPSA) is 44.8 Å². The summed E-state index contributed by atoms with van der Waals surface area (Å²) in [6, 6.07) is 26.3. The van der Waals surface area contributed by atoms with Crippen molar-refractivity contribution in [1.29, 1.82) is 0 Å². The predicted molar refractivity (Wildman–Crippen MR) is 131 cm³/mol. The smallest absolute Gasteiger partial charge is 0.248 e. The number of anilines is 2. The van der Waals surface area contributed by atoms with E-state index in [1.165, 1.54) is 17.3 Å². The van der Waals surface area contributed by atoms with Gasteiger partial charge in [0, 0.05) is 55.7 Å². The second-order valence-corrected chi connectivity index (χ2v) is 7.86. The summed E-state index contributed by atoms with van der Waals surface area (Å²) in [4.78, 5) is 17.2. The van der Waals surface area contributed by atoms with Crippen molar-refractivity contribution in [3.8, 4) is 5.75 Å². The summed E-state index contributed by atoms with van der Waals surface area (Å²) in [5.74, 6) is 0.572. The SMILES string of the molecule is COc1ccccc1/C=C/C(=O)Nc1ccc(N2CCN(Cc3ccccc3)CC2)cc1. The Kier molecular flexibility index (Phi) is 7.20. The van der Waals surface area contributed by atoms with Crippen molar-refractivity contribution in [2.24, 2.45) is 0 Å². The first-order chi connectivity index (χ1) is 15.7. The molecule has 3 aromatic carbocycles. The summed E-state index contributed by atoms with van der Waals surface area (Å²) in [5, 5.41) is 2.92.